The summed E-state index contributed by atoms with van der Waals surface area (Å²) in [7, 11) is 0. The third-order valence-electron chi connectivity index (χ3n) is 5.10. The van der Waals surface area contributed by atoms with Gasteiger partial charge >= 0.3 is 12.1 Å². The number of halogens is 2. The SMILES string of the molecule is CC(C)(COCc1cccc(Oc2ccccc2)c1)c1ccc(C(O)(O)F)c(C(O)(O)F)c1. The molecule has 0 aromatic heterocycles. The summed E-state index contributed by atoms with van der Waals surface area (Å²) in [4.78, 5) is 0. The minimum absolute atomic E-state index is 0.144. The van der Waals surface area contributed by atoms with Crippen LogP contribution in [0.3, 0.4) is 0 Å². The summed E-state index contributed by atoms with van der Waals surface area (Å²) in [6.45, 7) is 3.91. The summed E-state index contributed by atoms with van der Waals surface area (Å²) in [6.07, 6.45) is 0. The van der Waals surface area contributed by atoms with Crippen LogP contribution < -0.4 is 4.74 Å². The molecule has 0 spiro atoms. The van der Waals surface area contributed by atoms with E-state index in [1.807, 2.05) is 54.6 Å². The Morgan fingerprint density at radius 3 is 2.00 bits per heavy atom. The van der Waals surface area contributed by atoms with Crippen molar-refractivity contribution in [2.45, 2.75) is 38.0 Å². The van der Waals surface area contributed by atoms with E-state index in [1.54, 1.807) is 13.8 Å². The predicted molar refractivity (Wildman–Crippen MR) is 117 cm³/mol. The molecule has 0 bridgehead atoms. The molecule has 0 amide bonds. The van der Waals surface area contributed by atoms with E-state index < -0.39 is 28.6 Å². The molecule has 0 aliphatic heterocycles. The molecule has 0 aliphatic carbocycles. The van der Waals surface area contributed by atoms with E-state index >= 15 is 0 Å². The van der Waals surface area contributed by atoms with Crippen LogP contribution in [0.25, 0.3) is 0 Å². The molecular weight excluding hydrogens is 434 g/mol. The lowest BCUT2D eigenvalue weighted by molar-refractivity contribution is -0.290. The van der Waals surface area contributed by atoms with Crippen LogP contribution in [0, 0.1) is 0 Å². The van der Waals surface area contributed by atoms with Crippen molar-refractivity contribution in [3.05, 3.63) is 95.1 Å². The van der Waals surface area contributed by atoms with Crippen LogP contribution in [-0.4, -0.2) is 27.0 Å². The molecule has 8 heteroatoms. The highest BCUT2D eigenvalue weighted by Crippen LogP contribution is 2.35. The second-order valence-electron chi connectivity index (χ2n) is 8.37. The first kappa shape index (κ1) is 24.8. The number of aliphatic hydroxyl groups is 4. The average Bonchev–Trinajstić information content (AvgIpc) is 2.73. The summed E-state index contributed by atoms with van der Waals surface area (Å²) in [5, 5.41) is 37.0. The molecule has 0 heterocycles. The highest BCUT2D eigenvalue weighted by atomic mass is 19.2. The molecule has 0 saturated heterocycles. The van der Waals surface area contributed by atoms with Gasteiger partial charge < -0.3 is 29.9 Å². The first-order valence-corrected chi connectivity index (χ1v) is 10.2. The van der Waals surface area contributed by atoms with Crippen molar-refractivity contribution in [1.82, 2.24) is 0 Å². The molecule has 0 aliphatic rings. The lowest BCUT2D eigenvalue weighted by atomic mass is 9.83. The van der Waals surface area contributed by atoms with Crippen LogP contribution in [0.4, 0.5) is 8.78 Å². The summed E-state index contributed by atoms with van der Waals surface area (Å²) >= 11 is 0. The van der Waals surface area contributed by atoms with Crippen molar-refractivity contribution in [1.29, 1.82) is 0 Å². The lowest BCUT2D eigenvalue weighted by Gasteiger charge is -2.28. The molecule has 0 unspecified atom stereocenters. The summed E-state index contributed by atoms with van der Waals surface area (Å²) in [6, 6.07) is 12.0. The molecule has 4 N–H and O–H groups in total. The summed E-state index contributed by atoms with van der Waals surface area (Å²) < 4.78 is 39.0. The molecule has 3 aromatic rings. The Balaban J connectivity index is 1.70. The first-order chi connectivity index (χ1) is 15.4. The van der Waals surface area contributed by atoms with Crippen molar-refractivity contribution in [2.24, 2.45) is 0 Å². The van der Waals surface area contributed by atoms with Gasteiger partial charge in [-0.1, -0.05) is 50.2 Å². The number of rotatable bonds is 9. The number of ether oxygens (including phenoxy) is 2. The van der Waals surface area contributed by atoms with Crippen LogP contribution in [0.15, 0.2) is 72.8 Å². The zero-order valence-electron chi connectivity index (χ0n) is 18.2. The molecule has 6 nitrogen and oxygen atoms in total. The maximum absolute atomic E-state index is 13.8. The van der Waals surface area contributed by atoms with Gasteiger partial charge in [-0.15, -0.1) is 0 Å². The second-order valence-corrected chi connectivity index (χ2v) is 8.37. The predicted octanol–water partition coefficient (Wildman–Crippen LogP) is 4.10. The lowest BCUT2D eigenvalue weighted by Crippen LogP contribution is -2.30. The smallest absolute Gasteiger partial charge is 0.344 e. The summed E-state index contributed by atoms with van der Waals surface area (Å²) in [5.74, 6) is 1.35. The van der Waals surface area contributed by atoms with Crippen molar-refractivity contribution in [3.8, 4) is 11.5 Å². The van der Waals surface area contributed by atoms with Crippen molar-refractivity contribution in [3.63, 3.8) is 0 Å². The average molecular weight is 460 g/mol. The molecule has 0 saturated carbocycles. The number of benzene rings is 3. The van der Waals surface area contributed by atoms with Crippen LogP contribution >= 0.6 is 0 Å². The fraction of sp³-hybridized carbons (Fsp3) is 0.280. The van der Waals surface area contributed by atoms with Gasteiger partial charge in [-0.2, -0.15) is 8.78 Å². The molecule has 176 valence electrons. The molecule has 33 heavy (non-hydrogen) atoms. The van der Waals surface area contributed by atoms with Gasteiger partial charge in [0, 0.05) is 5.41 Å². The van der Waals surface area contributed by atoms with Crippen LogP contribution in [0.5, 0.6) is 11.5 Å². The minimum Gasteiger partial charge on any atom is -0.457 e. The number of hydrogen-bond acceptors (Lipinski definition) is 6. The monoisotopic (exact) mass is 460 g/mol. The number of alkyl halides is 2. The molecule has 3 aromatic carbocycles. The third kappa shape index (κ3) is 6.56. The summed E-state index contributed by atoms with van der Waals surface area (Å²) in [5.41, 5.74) is -1.55. The van der Waals surface area contributed by atoms with Gasteiger partial charge in [0.2, 0.25) is 0 Å². The third-order valence-corrected chi connectivity index (χ3v) is 5.10. The molecule has 3 rings (SSSR count). The van der Waals surface area contributed by atoms with E-state index in [-0.39, 0.29) is 13.2 Å². The van der Waals surface area contributed by atoms with Gasteiger partial charge in [0.05, 0.1) is 24.3 Å². The Labute approximate surface area is 190 Å². The number of hydrogen-bond donors (Lipinski definition) is 4. The number of para-hydroxylation sites is 1. The first-order valence-electron chi connectivity index (χ1n) is 10.2. The van der Waals surface area contributed by atoms with Gasteiger partial charge in [0.15, 0.2) is 0 Å². The molecule has 0 radical (unpaired) electrons. The standard InChI is InChI=1S/C25H26F2O6/c1-23(2,18-11-12-21(24(26,28)29)22(14-18)25(27,30)31)16-32-15-17-7-6-10-20(13-17)33-19-8-4-3-5-9-19/h3-14,28-31H,15-16H2,1-2H3. The Hall–Kier alpha value is -2.88. The normalized spacial score (nSPS) is 12.6. The van der Waals surface area contributed by atoms with Crippen molar-refractivity contribution >= 4 is 0 Å². The highest BCUT2D eigenvalue weighted by Gasteiger charge is 2.38. The zero-order chi connectivity index (χ0) is 24.3. The zero-order valence-corrected chi connectivity index (χ0v) is 18.2. The van der Waals surface area contributed by atoms with E-state index in [0.717, 1.165) is 17.7 Å². The molecule has 0 fully saturated rings. The van der Waals surface area contributed by atoms with E-state index in [9.17, 15) is 29.2 Å². The maximum Gasteiger partial charge on any atom is 0.344 e. The van der Waals surface area contributed by atoms with E-state index in [1.165, 1.54) is 6.07 Å². The molecule has 0 atom stereocenters. The Bertz CT molecular complexity index is 1070. The van der Waals surface area contributed by atoms with Gasteiger partial charge in [0.1, 0.15) is 11.5 Å². The van der Waals surface area contributed by atoms with Crippen LogP contribution in [0.2, 0.25) is 0 Å². The van der Waals surface area contributed by atoms with Crippen molar-refractivity contribution < 1.29 is 38.7 Å². The van der Waals surface area contributed by atoms with E-state index in [0.29, 0.717) is 17.1 Å². The Morgan fingerprint density at radius 2 is 1.36 bits per heavy atom. The van der Waals surface area contributed by atoms with Crippen molar-refractivity contribution in [2.75, 3.05) is 6.61 Å². The largest absolute Gasteiger partial charge is 0.457 e. The van der Waals surface area contributed by atoms with Gasteiger partial charge in [0.25, 0.3) is 0 Å². The van der Waals surface area contributed by atoms with Gasteiger partial charge in [-0.05, 0) is 47.5 Å². The highest BCUT2D eigenvalue weighted by molar-refractivity contribution is 5.39. The molecular formula is C25H26F2O6. The fourth-order valence-electron chi connectivity index (χ4n) is 3.34. The van der Waals surface area contributed by atoms with Crippen LogP contribution in [0.1, 0.15) is 36.1 Å². The van der Waals surface area contributed by atoms with Crippen LogP contribution in [-0.2, 0) is 28.8 Å². The topological polar surface area (TPSA) is 99.4 Å². The maximum atomic E-state index is 13.8. The quantitative estimate of drug-likeness (QED) is 0.359. The Morgan fingerprint density at radius 1 is 0.727 bits per heavy atom. The second kappa shape index (κ2) is 9.54. The van der Waals surface area contributed by atoms with E-state index in [2.05, 4.69) is 0 Å². The van der Waals surface area contributed by atoms with Gasteiger partial charge in [-0.25, -0.2) is 0 Å². The Kier molecular flexibility index (Phi) is 7.16. The fourth-order valence-corrected chi connectivity index (χ4v) is 3.34. The van der Waals surface area contributed by atoms with Gasteiger partial charge in [-0.3, -0.25) is 0 Å². The minimum atomic E-state index is -3.97. The van der Waals surface area contributed by atoms with E-state index in [4.69, 9.17) is 9.47 Å².